The molecule has 0 fully saturated rings. The topological polar surface area (TPSA) is 45.8 Å². The van der Waals surface area contributed by atoms with E-state index in [1.165, 1.54) is 11.3 Å². The molecule has 3 rings (SSSR count). The molecule has 1 heterocycles. The molecule has 0 aromatic heterocycles. The standard InChI is InChI=1S/C21H27N3O2S/c1-15-13-16-7-4-5-8-18(16)24(15)12-6-11-22-21(27)23-17-9-10-19(25-2)20(14-17)26-3/h4-5,7-10,14-15H,6,11-13H2,1-3H3,(H2,22,23,27). The third-order valence-electron chi connectivity index (χ3n) is 4.85. The van der Waals surface area contributed by atoms with E-state index in [4.69, 9.17) is 21.7 Å². The first-order chi connectivity index (χ1) is 13.1. The van der Waals surface area contributed by atoms with Crippen LogP contribution in [0.15, 0.2) is 42.5 Å². The first kappa shape index (κ1) is 19.3. The van der Waals surface area contributed by atoms with E-state index in [-0.39, 0.29) is 0 Å². The quantitative estimate of drug-likeness (QED) is 0.558. The highest BCUT2D eigenvalue weighted by Gasteiger charge is 2.24. The second-order valence-electron chi connectivity index (χ2n) is 6.68. The van der Waals surface area contributed by atoms with Crippen molar-refractivity contribution in [3.8, 4) is 11.5 Å². The zero-order valence-electron chi connectivity index (χ0n) is 16.1. The largest absolute Gasteiger partial charge is 0.493 e. The van der Waals surface area contributed by atoms with Crippen LogP contribution in [0.3, 0.4) is 0 Å². The number of hydrogen-bond acceptors (Lipinski definition) is 4. The second kappa shape index (κ2) is 8.95. The minimum atomic E-state index is 0.555. The van der Waals surface area contributed by atoms with Gasteiger partial charge in [-0.2, -0.15) is 0 Å². The van der Waals surface area contributed by atoms with Gasteiger partial charge in [-0.15, -0.1) is 0 Å². The van der Waals surface area contributed by atoms with Crippen LogP contribution in [0.2, 0.25) is 0 Å². The van der Waals surface area contributed by atoms with Gasteiger partial charge in [0.1, 0.15) is 0 Å². The summed E-state index contributed by atoms with van der Waals surface area (Å²) in [6.45, 7) is 4.13. The molecular weight excluding hydrogens is 358 g/mol. The minimum Gasteiger partial charge on any atom is -0.493 e. The molecule has 2 aromatic carbocycles. The van der Waals surface area contributed by atoms with Gasteiger partial charge in [0.2, 0.25) is 0 Å². The van der Waals surface area contributed by atoms with Gasteiger partial charge in [0.15, 0.2) is 16.6 Å². The van der Waals surface area contributed by atoms with E-state index in [9.17, 15) is 0 Å². The van der Waals surface area contributed by atoms with Crippen molar-refractivity contribution in [2.45, 2.75) is 25.8 Å². The molecular formula is C21H27N3O2S. The molecule has 2 N–H and O–H groups in total. The van der Waals surface area contributed by atoms with E-state index in [0.717, 1.165) is 31.6 Å². The molecule has 2 aromatic rings. The molecule has 0 saturated carbocycles. The third kappa shape index (κ3) is 4.63. The molecule has 0 saturated heterocycles. The molecule has 1 aliphatic heterocycles. The monoisotopic (exact) mass is 385 g/mol. The summed E-state index contributed by atoms with van der Waals surface area (Å²) in [5, 5.41) is 7.08. The van der Waals surface area contributed by atoms with Gasteiger partial charge in [0, 0.05) is 36.6 Å². The molecule has 0 radical (unpaired) electrons. The van der Waals surface area contributed by atoms with Crippen molar-refractivity contribution < 1.29 is 9.47 Å². The lowest BCUT2D eigenvalue weighted by Crippen LogP contribution is -2.34. The fourth-order valence-corrected chi connectivity index (χ4v) is 3.73. The molecule has 1 atom stereocenters. The number of nitrogens with zero attached hydrogens (tertiary/aromatic N) is 1. The number of rotatable bonds is 7. The van der Waals surface area contributed by atoms with E-state index in [2.05, 4.69) is 46.7 Å². The van der Waals surface area contributed by atoms with Crippen molar-refractivity contribution in [3.63, 3.8) is 0 Å². The number of anilines is 2. The predicted octanol–water partition coefficient (Wildman–Crippen LogP) is 3.83. The van der Waals surface area contributed by atoms with Gasteiger partial charge in [-0.05, 0) is 55.7 Å². The van der Waals surface area contributed by atoms with Crippen molar-refractivity contribution in [2.75, 3.05) is 37.5 Å². The van der Waals surface area contributed by atoms with E-state index in [1.807, 2.05) is 18.2 Å². The Morgan fingerprint density at radius 1 is 1.15 bits per heavy atom. The Balaban J connectivity index is 1.45. The van der Waals surface area contributed by atoms with Gasteiger partial charge < -0.3 is 25.0 Å². The van der Waals surface area contributed by atoms with Gasteiger partial charge in [-0.25, -0.2) is 0 Å². The maximum Gasteiger partial charge on any atom is 0.170 e. The molecule has 0 aliphatic carbocycles. The first-order valence-corrected chi connectivity index (χ1v) is 9.64. The van der Waals surface area contributed by atoms with Crippen LogP contribution < -0.4 is 25.0 Å². The highest BCUT2D eigenvalue weighted by molar-refractivity contribution is 7.80. The maximum absolute atomic E-state index is 5.40. The number of methoxy groups -OCH3 is 2. The van der Waals surface area contributed by atoms with Crippen LogP contribution in [0.1, 0.15) is 18.9 Å². The van der Waals surface area contributed by atoms with Crippen molar-refractivity contribution in [1.29, 1.82) is 0 Å². The Morgan fingerprint density at radius 3 is 2.70 bits per heavy atom. The molecule has 6 heteroatoms. The second-order valence-corrected chi connectivity index (χ2v) is 7.09. The fraction of sp³-hybridized carbons (Fsp3) is 0.381. The van der Waals surface area contributed by atoms with E-state index >= 15 is 0 Å². The lowest BCUT2D eigenvalue weighted by atomic mass is 10.1. The summed E-state index contributed by atoms with van der Waals surface area (Å²) in [5.41, 5.74) is 3.69. The summed E-state index contributed by atoms with van der Waals surface area (Å²) in [4.78, 5) is 2.49. The van der Waals surface area contributed by atoms with Crippen molar-refractivity contribution in [2.24, 2.45) is 0 Å². The fourth-order valence-electron chi connectivity index (χ4n) is 3.51. The average Bonchev–Trinajstić information content (AvgIpc) is 3.00. The Bertz CT molecular complexity index is 797. The Morgan fingerprint density at radius 2 is 1.93 bits per heavy atom. The van der Waals surface area contributed by atoms with Crippen molar-refractivity contribution >= 4 is 28.7 Å². The number of para-hydroxylation sites is 1. The third-order valence-corrected chi connectivity index (χ3v) is 5.10. The summed E-state index contributed by atoms with van der Waals surface area (Å²) >= 11 is 5.40. The molecule has 0 bridgehead atoms. The average molecular weight is 386 g/mol. The summed E-state index contributed by atoms with van der Waals surface area (Å²) in [7, 11) is 3.24. The molecule has 144 valence electrons. The molecule has 0 spiro atoms. The van der Waals surface area contributed by atoms with Crippen LogP contribution in [0, 0.1) is 0 Å². The van der Waals surface area contributed by atoms with E-state index in [0.29, 0.717) is 22.7 Å². The van der Waals surface area contributed by atoms with Crippen molar-refractivity contribution in [3.05, 3.63) is 48.0 Å². The summed E-state index contributed by atoms with van der Waals surface area (Å²) in [6.07, 6.45) is 2.15. The highest BCUT2D eigenvalue weighted by Crippen LogP contribution is 2.31. The number of thiocarbonyl (C=S) groups is 1. The first-order valence-electron chi connectivity index (χ1n) is 9.23. The van der Waals surface area contributed by atoms with Crippen LogP contribution in [-0.4, -0.2) is 38.5 Å². The molecule has 0 amide bonds. The molecule has 1 aliphatic rings. The molecule has 27 heavy (non-hydrogen) atoms. The van der Waals surface area contributed by atoms with Crippen molar-refractivity contribution in [1.82, 2.24) is 5.32 Å². The Kier molecular flexibility index (Phi) is 6.40. The highest BCUT2D eigenvalue weighted by atomic mass is 32.1. The van der Waals surface area contributed by atoms with E-state index in [1.54, 1.807) is 14.2 Å². The van der Waals surface area contributed by atoms with Gasteiger partial charge in [-0.1, -0.05) is 18.2 Å². The van der Waals surface area contributed by atoms with Crippen LogP contribution in [0.5, 0.6) is 11.5 Å². The number of ether oxygens (including phenoxy) is 2. The lowest BCUT2D eigenvalue weighted by Gasteiger charge is -2.25. The van der Waals surface area contributed by atoms with Crippen LogP contribution in [0.4, 0.5) is 11.4 Å². The van der Waals surface area contributed by atoms with Gasteiger partial charge in [0.25, 0.3) is 0 Å². The van der Waals surface area contributed by atoms with Crippen LogP contribution in [-0.2, 0) is 6.42 Å². The smallest absolute Gasteiger partial charge is 0.170 e. The SMILES string of the molecule is COc1ccc(NC(=S)NCCCN2c3ccccc3CC2C)cc1OC. The summed E-state index contributed by atoms with van der Waals surface area (Å²) < 4.78 is 10.6. The predicted molar refractivity (Wildman–Crippen MR) is 115 cm³/mol. The van der Waals surface area contributed by atoms with Crippen LogP contribution in [0.25, 0.3) is 0 Å². The summed E-state index contributed by atoms with van der Waals surface area (Å²) in [6, 6.07) is 14.9. The number of benzene rings is 2. The van der Waals surface area contributed by atoms with Gasteiger partial charge in [-0.3, -0.25) is 0 Å². The summed E-state index contributed by atoms with van der Waals surface area (Å²) in [5.74, 6) is 1.37. The molecule has 1 unspecified atom stereocenters. The van der Waals surface area contributed by atoms with Gasteiger partial charge in [0.05, 0.1) is 14.2 Å². The zero-order valence-corrected chi connectivity index (χ0v) is 16.9. The molecule has 5 nitrogen and oxygen atoms in total. The van der Waals surface area contributed by atoms with E-state index < -0.39 is 0 Å². The zero-order chi connectivity index (χ0) is 19.2. The number of fused-ring (bicyclic) bond motifs is 1. The van der Waals surface area contributed by atoms with Crippen LogP contribution >= 0.6 is 12.2 Å². The minimum absolute atomic E-state index is 0.555. The maximum atomic E-state index is 5.40. The lowest BCUT2D eigenvalue weighted by molar-refractivity contribution is 0.355. The Hall–Kier alpha value is -2.47. The number of nitrogens with one attached hydrogen (secondary N) is 2. The number of hydrogen-bond donors (Lipinski definition) is 2. The van der Waals surface area contributed by atoms with Gasteiger partial charge >= 0.3 is 0 Å². The Labute approximate surface area is 166 Å². The normalized spacial score (nSPS) is 15.2.